The van der Waals surface area contributed by atoms with E-state index < -0.39 is 0 Å². The summed E-state index contributed by atoms with van der Waals surface area (Å²) in [5.41, 5.74) is 0.283. The van der Waals surface area contributed by atoms with Crippen molar-refractivity contribution in [1.29, 1.82) is 0 Å². The van der Waals surface area contributed by atoms with E-state index in [-0.39, 0.29) is 5.41 Å². The normalized spacial score (nSPS) is 18.6. The molecule has 1 aliphatic carbocycles. The van der Waals surface area contributed by atoms with Crippen molar-refractivity contribution >= 4 is 28.6 Å². The fourth-order valence-corrected chi connectivity index (χ4v) is 2.93. The molecule has 1 aromatic heterocycles. The Kier molecular flexibility index (Phi) is 4.14. The van der Waals surface area contributed by atoms with E-state index >= 15 is 0 Å². The van der Waals surface area contributed by atoms with Crippen molar-refractivity contribution in [3.05, 3.63) is 22.9 Å². The van der Waals surface area contributed by atoms with Crippen LogP contribution >= 0.6 is 28.6 Å². The number of aromatic nitrogens is 1. The van der Waals surface area contributed by atoms with Gasteiger partial charge in [0.1, 0.15) is 5.75 Å². The van der Waals surface area contributed by atoms with Crippen molar-refractivity contribution in [2.45, 2.75) is 25.7 Å². The van der Waals surface area contributed by atoms with Gasteiger partial charge >= 0.3 is 0 Å². The maximum Gasteiger partial charge on any atom is 0.138 e. The van der Waals surface area contributed by atoms with Gasteiger partial charge in [-0.15, -0.1) is 0 Å². The van der Waals surface area contributed by atoms with E-state index in [9.17, 15) is 0 Å². The van der Waals surface area contributed by atoms with Gasteiger partial charge in [-0.3, -0.25) is 4.98 Å². The molecule has 88 valence electrons. The molecule has 1 aliphatic rings. The third-order valence-corrected chi connectivity index (χ3v) is 4.33. The molecule has 0 aliphatic heterocycles. The van der Waals surface area contributed by atoms with Crippen LogP contribution in [0.25, 0.3) is 0 Å². The average molecular weight is 302 g/mol. The highest BCUT2D eigenvalue weighted by molar-refractivity contribution is 9.10. The van der Waals surface area contributed by atoms with Crippen LogP contribution in [0.1, 0.15) is 25.7 Å². The van der Waals surface area contributed by atoms with E-state index in [1.165, 1.54) is 25.7 Å². The summed E-state index contributed by atoms with van der Waals surface area (Å²) in [6.45, 7) is 0.759. The smallest absolute Gasteiger partial charge is 0.138 e. The molecule has 0 N–H and O–H groups in total. The standard InChI is InChI=1S/C12H16BrNOS/c13-10-5-11(7-14-6-10)15-8-12(9-16)3-1-2-4-12/h5-7,16H,1-4,8-9H2. The van der Waals surface area contributed by atoms with Crippen LogP contribution in [0.4, 0.5) is 0 Å². The van der Waals surface area contributed by atoms with E-state index in [0.29, 0.717) is 0 Å². The molecule has 0 radical (unpaired) electrons. The summed E-state index contributed by atoms with van der Waals surface area (Å²) in [5, 5.41) is 0. The number of pyridine rings is 1. The first kappa shape index (κ1) is 12.2. The van der Waals surface area contributed by atoms with Crippen LogP contribution in [0.3, 0.4) is 0 Å². The summed E-state index contributed by atoms with van der Waals surface area (Å²) in [6, 6.07) is 1.95. The maximum absolute atomic E-state index is 5.82. The Morgan fingerprint density at radius 2 is 2.12 bits per heavy atom. The monoisotopic (exact) mass is 301 g/mol. The molecule has 1 saturated carbocycles. The third-order valence-electron chi connectivity index (χ3n) is 3.22. The zero-order chi connectivity index (χ0) is 11.4. The molecule has 1 fully saturated rings. The zero-order valence-corrected chi connectivity index (χ0v) is 11.6. The SMILES string of the molecule is SCC1(COc2cncc(Br)c2)CCCC1. The summed E-state index contributed by atoms with van der Waals surface area (Å²) < 4.78 is 6.78. The van der Waals surface area contributed by atoms with Crippen LogP contribution in [0.5, 0.6) is 5.75 Å². The molecule has 1 aromatic rings. The second-order valence-electron chi connectivity index (χ2n) is 4.49. The van der Waals surface area contributed by atoms with E-state index in [1.807, 2.05) is 6.07 Å². The van der Waals surface area contributed by atoms with Gasteiger partial charge in [-0.25, -0.2) is 0 Å². The lowest BCUT2D eigenvalue weighted by Gasteiger charge is -2.26. The molecule has 4 heteroatoms. The van der Waals surface area contributed by atoms with E-state index in [1.54, 1.807) is 12.4 Å². The minimum Gasteiger partial charge on any atom is -0.491 e. The molecular formula is C12H16BrNOS. The molecule has 0 bridgehead atoms. The van der Waals surface area contributed by atoms with Gasteiger partial charge in [0.2, 0.25) is 0 Å². The Morgan fingerprint density at radius 1 is 1.38 bits per heavy atom. The second kappa shape index (κ2) is 5.41. The van der Waals surface area contributed by atoms with Gasteiger partial charge < -0.3 is 4.74 Å². The van der Waals surface area contributed by atoms with Crippen molar-refractivity contribution in [2.75, 3.05) is 12.4 Å². The number of ether oxygens (including phenoxy) is 1. The maximum atomic E-state index is 5.82. The van der Waals surface area contributed by atoms with Gasteiger partial charge in [0.25, 0.3) is 0 Å². The average Bonchev–Trinajstić information content (AvgIpc) is 2.76. The summed E-state index contributed by atoms with van der Waals surface area (Å²) in [7, 11) is 0. The number of hydrogen-bond donors (Lipinski definition) is 1. The fourth-order valence-electron chi connectivity index (χ4n) is 2.18. The first-order valence-corrected chi connectivity index (χ1v) is 7.01. The lowest BCUT2D eigenvalue weighted by atomic mass is 9.90. The zero-order valence-electron chi connectivity index (χ0n) is 9.16. The molecule has 0 aromatic carbocycles. The largest absolute Gasteiger partial charge is 0.491 e. The van der Waals surface area contributed by atoms with Crippen molar-refractivity contribution in [2.24, 2.45) is 5.41 Å². The fraction of sp³-hybridized carbons (Fsp3) is 0.583. The number of nitrogens with zero attached hydrogens (tertiary/aromatic N) is 1. The molecule has 2 rings (SSSR count). The minimum absolute atomic E-state index is 0.283. The number of rotatable bonds is 4. The highest BCUT2D eigenvalue weighted by Crippen LogP contribution is 2.39. The topological polar surface area (TPSA) is 22.1 Å². The van der Waals surface area contributed by atoms with Crippen molar-refractivity contribution in [3.8, 4) is 5.75 Å². The highest BCUT2D eigenvalue weighted by Gasteiger charge is 2.33. The Balaban J connectivity index is 1.95. The molecule has 0 saturated heterocycles. The first-order valence-electron chi connectivity index (χ1n) is 5.58. The highest BCUT2D eigenvalue weighted by atomic mass is 79.9. The quantitative estimate of drug-likeness (QED) is 0.856. The number of hydrogen-bond acceptors (Lipinski definition) is 3. The molecule has 0 amide bonds. The second-order valence-corrected chi connectivity index (χ2v) is 5.72. The van der Waals surface area contributed by atoms with Gasteiger partial charge in [0, 0.05) is 16.1 Å². The van der Waals surface area contributed by atoms with Gasteiger partial charge in [-0.1, -0.05) is 12.8 Å². The van der Waals surface area contributed by atoms with Gasteiger partial charge in [0.15, 0.2) is 0 Å². The van der Waals surface area contributed by atoms with Crippen molar-refractivity contribution in [3.63, 3.8) is 0 Å². The summed E-state index contributed by atoms with van der Waals surface area (Å²) in [5.74, 6) is 1.75. The minimum atomic E-state index is 0.283. The van der Waals surface area contributed by atoms with Crippen molar-refractivity contribution in [1.82, 2.24) is 4.98 Å². The number of halogens is 1. The molecule has 16 heavy (non-hydrogen) atoms. The van der Waals surface area contributed by atoms with Crippen LogP contribution in [0, 0.1) is 5.41 Å². The van der Waals surface area contributed by atoms with Crippen LogP contribution in [0.15, 0.2) is 22.9 Å². The van der Waals surface area contributed by atoms with E-state index in [4.69, 9.17) is 4.74 Å². The Morgan fingerprint density at radius 3 is 2.75 bits per heavy atom. The van der Waals surface area contributed by atoms with Crippen LogP contribution in [-0.2, 0) is 0 Å². The van der Waals surface area contributed by atoms with Gasteiger partial charge in [-0.05, 0) is 40.6 Å². The lowest BCUT2D eigenvalue weighted by Crippen LogP contribution is -2.27. The molecule has 2 nitrogen and oxygen atoms in total. The Bertz CT molecular complexity index is 353. The molecule has 0 atom stereocenters. The van der Waals surface area contributed by atoms with Crippen LogP contribution in [0.2, 0.25) is 0 Å². The van der Waals surface area contributed by atoms with Crippen molar-refractivity contribution < 1.29 is 4.74 Å². The lowest BCUT2D eigenvalue weighted by molar-refractivity contribution is 0.172. The predicted octanol–water partition coefficient (Wildman–Crippen LogP) is 3.71. The third kappa shape index (κ3) is 2.92. The van der Waals surface area contributed by atoms with E-state index in [2.05, 4.69) is 33.5 Å². The summed E-state index contributed by atoms with van der Waals surface area (Å²) in [6.07, 6.45) is 8.60. The molecule has 0 spiro atoms. The van der Waals surface area contributed by atoms with Gasteiger partial charge in [0.05, 0.1) is 12.8 Å². The van der Waals surface area contributed by atoms with Crippen LogP contribution in [-0.4, -0.2) is 17.3 Å². The Hall–Kier alpha value is -0.220. The molecule has 1 heterocycles. The first-order chi connectivity index (χ1) is 7.74. The van der Waals surface area contributed by atoms with E-state index in [0.717, 1.165) is 22.6 Å². The summed E-state index contributed by atoms with van der Waals surface area (Å²) in [4.78, 5) is 4.09. The molecular weight excluding hydrogens is 286 g/mol. The van der Waals surface area contributed by atoms with Crippen LogP contribution < -0.4 is 4.74 Å². The molecule has 0 unspecified atom stereocenters. The predicted molar refractivity (Wildman–Crippen MR) is 72.2 cm³/mol. The summed E-state index contributed by atoms with van der Waals surface area (Å²) >= 11 is 7.85. The van der Waals surface area contributed by atoms with Gasteiger partial charge in [-0.2, -0.15) is 12.6 Å². The Labute approximate surface area is 110 Å². The number of thiol groups is 1.